The van der Waals surface area contributed by atoms with Crippen molar-refractivity contribution in [3.63, 3.8) is 0 Å². The van der Waals surface area contributed by atoms with Gasteiger partial charge in [0.1, 0.15) is 18.8 Å². The number of nitrogens with one attached hydrogen (secondary N) is 1. The summed E-state index contributed by atoms with van der Waals surface area (Å²) in [7, 11) is 0. The summed E-state index contributed by atoms with van der Waals surface area (Å²) >= 11 is 3.77. The minimum Gasteiger partial charge on any atom is -0.464 e. The van der Waals surface area contributed by atoms with Gasteiger partial charge in [0, 0.05) is 38.2 Å². The molecule has 0 aliphatic rings. The first-order valence-electron chi connectivity index (χ1n) is 13.9. The van der Waals surface area contributed by atoms with Gasteiger partial charge < -0.3 is 19.5 Å². The minimum absolute atomic E-state index is 0.203. The van der Waals surface area contributed by atoms with Gasteiger partial charge in [-0.25, -0.2) is 0 Å². The Hall–Kier alpha value is -1.42. The Balaban J connectivity index is 5.29. The number of rotatable bonds is 22. The molecule has 10 heteroatoms. The van der Waals surface area contributed by atoms with Crippen molar-refractivity contribution in [2.45, 2.75) is 134 Å². The molecule has 5 atom stereocenters. The summed E-state index contributed by atoms with van der Waals surface area (Å²) in [5.74, 6) is -2.00. The fourth-order valence-electron chi connectivity index (χ4n) is 4.53. The van der Waals surface area contributed by atoms with Crippen molar-refractivity contribution in [3.05, 3.63) is 0 Å². The van der Waals surface area contributed by atoms with E-state index in [1.165, 1.54) is 79.1 Å². The molecule has 0 aromatic heterocycles. The molecule has 0 spiro atoms. The first-order valence-corrected chi connectivity index (χ1v) is 16.4. The Bertz CT molecular complexity index is 692. The first-order chi connectivity index (χ1) is 18.0. The van der Waals surface area contributed by atoms with E-state index < -0.39 is 36.2 Å². The third kappa shape index (κ3) is 18.0. The zero-order chi connectivity index (χ0) is 28.9. The second-order valence-corrected chi connectivity index (χ2v) is 11.9. The summed E-state index contributed by atoms with van der Waals surface area (Å²) in [4.78, 5) is 47.2. The van der Waals surface area contributed by atoms with Crippen molar-refractivity contribution in [2.75, 3.05) is 19.1 Å². The van der Waals surface area contributed by atoms with Gasteiger partial charge in [0.15, 0.2) is 6.10 Å². The number of hydrogen-bond acceptors (Lipinski definition) is 9. The van der Waals surface area contributed by atoms with E-state index in [0.717, 1.165) is 12.8 Å². The quantitative estimate of drug-likeness (QED) is 0.0986. The molecule has 2 unspecified atom stereocenters. The van der Waals surface area contributed by atoms with E-state index in [-0.39, 0.29) is 12.5 Å². The van der Waals surface area contributed by atoms with Crippen LogP contribution < -0.4 is 5.32 Å². The molecule has 0 saturated heterocycles. The molecule has 38 heavy (non-hydrogen) atoms. The van der Waals surface area contributed by atoms with Gasteiger partial charge in [-0.3, -0.25) is 19.2 Å². The summed E-state index contributed by atoms with van der Waals surface area (Å²) in [6, 6.07) is -0.850. The van der Waals surface area contributed by atoms with E-state index in [1.54, 1.807) is 0 Å². The molecule has 0 aromatic carbocycles. The molecule has 0 saturated carbocycles. The van der Waals surface area contributed by atoms with Crippen LogP contribution >= 0.6 is 23.5 Å². The van der Waals surface area contributed by atoms with Gasteiger partial charge in [0.25, 0.3) is 0 Å². The summed E-state index contributed by atoms with van der Waals surface area (Å²) in [6.45, 7) is 7.17. The van der Waals surface area contributed by atoms with Gasteiger partial charge >= 0.3 is 17.9 Å². The Morgan fingerprint density at radius 1 is 0.684 bits per heavy atom. The van der Waals surface area contributed by atoms with E-state index in [4.69, 9.17) is 14.2 Å². The molecule has 0 radical (unpaired) electrons. The van der Waals surface area contributed by atoms with Crippen molar-refractivity contribution in [1.29, 1.82) is 0 Å². The molecule has 0 aliphatic heterocycles. The molecular formula is C28H51NO7S2. The van der Waals surface area contributed by atoms with Gasteiger partial charge in [0.2, 0.25) is 5.91 Å². The van der Waals surface area contributed by atoms with Gasteiger partial charge in [0.05, 0.1) is 0 Å². The van der Waals surface area contributed by atoms with E-state index in [0.29, 0.717) is 16.9 Å². The molecule has 8 nitrogen and oxygen atoms in total. The summed E-state index contributed by atoms with van der Waals surface area (Å²) < 4.78 is 16.2. The molecule has 1 N–H and O–H groups in total. The van der Waals surface area contributed by atoms with Crippen molar-refractivity contribution < 1.29 is 33.4 Å². The van der Waals surface area contributed by atoms with Crippen molar-refractivity contribution in [2.24, 2.45) is 0 Å². The van der Waals surface area contributed by atoms with Crippen LogP contribution in [-0.2, 0) is 33.4 Å². The predicted octanol–water partition coefficient (Wildman–Crippen LogP) is 5.69. The summed E-state index contributed by atoms with van der Waals surface area (Å²) in [6.07, 6.45) is 14.9. The number of thioether (sulfide) groups is 2. The van der Waals surface area contributed by atoms with Crippen molar-refractivity contribution >= 4 is 47.3 Å². The Morgan fingerprint density at radius 2 is 1.21 bits per heavy atom. The van der Waals surface area contributed by atoms with Crippen molar-refractivity contribution in [1.82, 2.24) is 5.32 Å². The van der Waals surface area contributed by atoms with Crippen LogP contribution in [0.15, 0.2) is 0 Å². The molecule has 0 aliphatic carbocycles. The normalized spacial score (nSPS) is 15.0. The van der Waals surface area contributed by atoms with Crippen LogP contribution in [0.5, 0.6) is 0 Å². The van der Waals surface area contributed by atoms with Crippen LogP contribution in [0.2, 0.25) is 0 Å². The van der Waals surface area contributed by atoms with Gasteiger partial charge in [-0.1, -0.05) is 51.9 Å². The number of carbonyl (C=O) groups is 4. The fraction of sp³-hybridized carbons (Fsp3) is 0.857. The lowest BCUT2D eigenvalue weighted by atomic mass is 9.98. The highest BCUT2D eigenvalue weighted by Crippen LogP contribution is 2.31. The Morgan fingerprint density at radius 3 is 1.68 bits per heavy atom. The first kappa shape index (κ1) is 36.6. The molecule has 0 aromatic rings. The molecule has 222 valence electrons. The highest BCUT2D eigenvalue weighted by atomic mass is 32.2. The average molecular weight is 578 g/mol. The number of amides is 1. The van der Waals surface area contributed by atoms with E-state index in [9.17, 15) is 19.2 Å². The number of unbranched alkanes of at least 4 members (excludes halogenated alkanes) is 6. The van der Waals surface area contributed by atoms with E-state index in [1.807, 2.05) is 23.5 Å². The molecular weight excluding hydrogens is 526 g/mol. The van der Waals surface area contributed by atoms with E-state index >= 15 is 0 Å². The monoisotopic (exact) mass is 577 g/mol. The molecule has 0 rings (SSSR count). The second kappa shape index (κ2) is 22.4. The van der Waals surface area contributed by atoms with Gasteiger partial charge in [-0.15, -0.1) is 0 Å². The molecule has 0 bridgehead atoms. The largest absolute Gasteiger partial charge is 0.464 e. The molecule has 0 heterocycles. The molecule has 1 amide bonds. The summed E-state index contributed by atoms with van der Waals surface area (Å²) in [5, 5.41) is 3.67. The summed E-state index contributed by atoms with van der Waals surface area (Å²) in [5.41, 5.74) is 0. The smallest absolute Gasteiger partial charge is 0.303 e. The third-order valence-electron chi connectivity index (χ3n) is 6.33. The minimum atomic E-state index is -0.989. The number of hydrogen-bond donors (Lipinski definition) is 1. The lowest BCUT2D eigenvalue weighted by Gasteiger charge is -2.33. The maximum Gasteiger partial charge on any atom is 0.303 e. The number of carbonyl (C=O) groups excluding carboxylic acids is 4. The van der Waals surface area contributed by atoms with Crippen LogP contribution in [-0.4, -0.2) is 71.7 Å². The van der Waals surface area contributed by atoms with Crippen molar-refractivity contribution in [3.8, 4) is 0 Å². The van der Waals surface area contributed by atoms with Crippen LogP contribution in [0.4, 0.5) is 0 Å². The SMILES string of the molecule is CCCCCCCCCC(SC)C(CCC[C@@H](OC(C)=O)[C@@H](OC(C)=O)[C@H](COC(C)=O)NC(C)=O)SC. The zero-order valence-electron chi connectivity index (χ0n) is 24.5. The van der Waals surface area contributed by atoms with Crippen LogP contribution in [0.25, 0.3) is 0 Å². The Labute approximate surface area is 238 Å². The predicted molar refractivity (Wildman–Crippen MR) is 156 cm³/mol. The van der Waals surface area contributed by atoms with Gasteiger partial charge in [-0.2, -0.15) is 23.5 Å². The van der Waals surface area contributed by atoms with Gasteiger partial charge in [-0.05, 0) is 38.2 Å². The van der Waals surface area contributed by atoms with E-state index in [2.05, 4.69) is 24.8 Å². The second-order valence-electron chi connectivity index (χ2n) is 9.72. The van der Waals surface area contributed by atoms with Crippen LogP contribution in [0, 0.1) is 0 Å². The lowest BCUT2D eigenvalue weighted by Crippen LogP contribution is -2.53. The number of ether oxygens (including phenoxy) is 3. The average Bonchev–Trinajstić information content (AvgIpc) is 2.84. The maximum absolute atomic E-state index is 11.9. The zero-order valence-corrected chi connectivity index (χ0v) is 26.2. The topological polar surface area (TPSA) is 108 Å². The molecule has 0 fully saturated rings. The standard InChI is InChI=1S/C28H51NO7S2/c1-8-9-10-11-12-13-14-17-26(37-6)27(38-7)18-15-16-25(35-22(4)32)28(36-23(5)33)24(29-20(2)30)19-34-21(3)31/h24-28H,8-19H2,1-7H3,(H,29,30)/t24-,25+,26?,27?,28-/m0/s1. The van der Waals surface area contributed by atoms with Crippen LogP contribution in [0.1, 0.15) is 105 Å². The van der Waals surface area contributed by atoms with Crippen LogP contribution in [0.3, 0.4) is 0 Å². The lowest BCUT2D eigenvalue weighted by molar-refractivity contribution is -0.171. The number of esters is 3. The Kier molecular flexibility index (Phi) is 21.6. The fourth-order valence-corrected chi connectivity index (χ4v) is 6.88. The third-order valence-corrected chi connectivity index (χ3v) is 8.84. The highest BCUT2D eigenvalue weighted by molar-refractivity contribution is 8.03. The highest BCUT2D eigenvalue weighted by Gasteiger charge is 2.36. The maximum atomic E-state index is 11.9.